The van der Waals surface area contributed by atoms with Crippen LogP contribution in [0.3, 0.4) is 0 Å². The molecule has 0 aliphatic rings. The van der Waals surface area contributed by atoms with Crippen molar-refractivity contribution in [2.24, 2.45) is 0 Å². The van der Waals surface area contributed by atoms with Crippen molar-refractivity contribution in [2.75, 3.05) is 0 Å². The first-order chi connectivity index (χ1) is 7.62. The lowest BCUT2D eigenvalue weighted by molar-refractivity contribution is 0.281. The summed E-state index contributed by atoms with van der Waals surface area (Å²) in [5, 5.41) is 8.95. The molecular weight excluding hydrogens is 196 g/mol. The van der Waals surface area contributed by atoms with E-state index >= 15 is 0 Å². The summed E-state index contributed by atoms with van der Waals surface area (Å²) in [4.78, 5) is 0. The van der Waals surface area contributed by atoms with Crippen molar-refractivity contribution in [3.63, 3.8) is 0 Å². The van der Waals surface area contributed by atoms with E-state index < -0.39 is 0 Å². The smallest absolute Gasteiger partial charge is 0.0684 e. The average molecular weight is 214 g/mol. The van der Waals surface area contributed by atoms with E-state index in [4.69, 9.17) is 18.0 Å². The van der Waals surface area contributed by atoms with Gasteiger partial charge in [0.05, 0.1) is 6.61 Å². The van der Waals surface area contributed by atoms with Crippen LogP contribution in [0.2, 0.25) is 0 Å². The van der Waals surface area contributed by atoms with Crippen molar-refractivity contribution < 1.29 is 5.11 Å². The minimum Gasteiger partial charge on any atom is -0.392 e. The molecule has 0 aliphatic heterocycles. The van der Waals surface area contributed by atoms with Crippen molar-refractivity contribution >= 4 is 0 Å². The molecule has 0 saturated heterocycles. The molecule has 0 radical (unpaired) electrons. The Morgan fingerprint density at radius 3 is 2.12 bits per heavy atom. The highest BCUT2D eigenvalue weighted by molar-refractivity contribution is 5.46. The largest absolute Gasteiger partial charge is 0.392 e. The fraction of sp³-hybridized carbons (Fsp3) is 0.333. The van der Waals surface area contributed by atoms with E-state index in [0.29, 0.717) is 0 Å². The number of hydrogen-bond donors (Lipinski definition) is 1. The summed E-state index contributed by atoms with van der Waals surface area (Å²) >= 11 is 0. The fourth-order valence-electron chi connectivity index (χ4n) is 1.20. The molecule has 0 bridgehead atoms. The molecule has 0 amide bonds. The van der Waals surface area contributed by atoms with Gasteiger partial charge in [0.2, 0.25) is 0 Å². The molecule has 1 heteroatoms. The van der Waals surface area contributed by atoms with Gasteiger partial charge in [0.25, 0.3) is 0 Å². The number of aliphatic hydroxyl groups excluding tert-OH is 1. The number of aliphatic hydroxyl groups is 1. The molecule has 0 aromatic heterocycles. The van der Waals surface area contributed by atoms with E-state index in [1.807, 2.05) is 32.9 Å². The van der Waals surface area contributed by atoms with E-state index in [9.17, 15) is 0 Å². The van der Waals surface area contributed by atoms with Gasteiger partial charge >= 0.3 is 0 Å². The molecule has 1 rings (SSSR count). The zero-order chi connectivity index (χ0) is 12.6. The normalized spacial score (nSPS) is 8.38. The van der Waals surface area contributed by atoms with Crippen molar-refractivity contribution in [2.45, 2.75) is 33.8 Å². The van der Waals surface area contributed by atoms with Crippen LogP contribution in [0.4, 0.5) is 0 Å². The molecule has 1 N–H and O–H groups in total. The Labute approximate surface area is 98.5 Å². The Hall–Kier alpha value is -1.70. The minimum atomic E-state index is 0.0809. The van der Waals surface area contributed by atoms with E-state index in [0.717, 1.165) is 28.7 Å². The summed E-state index contributed by atoms with van der Waals surface area (Å²) in [7, 11) is 0. The lowest BCUT2D eigenvalue weighted by Crippen LogP contribution is -1.94. The Morgan fingerprint density at radius 2 is 1.75 bits per heavy atom. The third kappa shape index (κ3) is 3.81. The van der Waals surface area contributed by atoms with Gasteiger partial charge in [-0.1, -0.05) is 18.9 Å². The van der Waals surface area contributed by atoms with Crippen LogP contribution < -0.4 is 0 Å². The standard InChI is InChI=1S/C11H12O.C4H6/c1-4-10-5-6-11(7-12)9(3)8(10)2;1-3-4-2/h1,5-6,12H,7H2,2-3H3;1H,4H2,2H3. The summed E-state index contributed by atoms with van der Waals surface area (Å²) in [6.45, 7) is 5.98. The van der Waals surface area contributed by atoms with Crippen LogP contribution in [0.15, 0.2) is 12.1 Å². The minimum absolute atomic E-state index is 0.0809. The third-order valence-corrected chi connectivity index (χ3v) is 2.43. The SMILES string of the molecule is C#CCC.C#Cc1ccc(CO)c(C)c1C. The Morgan fingerprint density at radius 1 is 1.19 bits per heavy atom. The van der Waals surface area contributed by atoms with Gasteiger partial charge in [0.15, 0.2) is 0 Å². The summed E-state index contributed by atoms with van der Waals surface area (Å²) in [6, 6.07) is 3.74. The molecule has 0 unspecified atom stereocenters. The second kappa shape index (κ2) is 7.57. The van der Waals surface area contributed by atoms with Gasteiger partial charge in [-0.05, 0) is 36.6 Å². The molecule has 0 saturated carbocycles. The summed E-state index contributed by atoms with van der Waals surface area (Å²) in [5.74, 6) is 5.04. The monoisotopic (exact) mass is 214 g/mol. The molecule has 0 spiro atoms. The highest BCUT2D eigenvalue weighted by Crippen LogP contribution is 2.16. The molecule has 0 fully saturated rings. The van der Waals surface area contributed by atoms with E-state index in [-0.39, 0.29) is 6.61 Å². The summed E-state index contributed by atoms with van der Waals surface area (Å²) in [5.41, 5.74) is 4.04. The maximum absolute atomic E-state index is 8.95. The van der Waals surface area contributed by atoms with Gasteiger partial charge in [-0.15, -0.1) is 18.8 Å². The second-order valence-electron chi connectivity index (χ2n) is 3.38. The average Bonchev–Trinajstić information content (AvgIpc) is 2.33. The summed E-state index contributed by atoms with van der Waals surface area (Å²) in [6.07, 6.45) is 10.9. The van der Waals surface area contributed by atoms with Crippen LogP contribution in [0.5, 0.6) is 0 Å². The Bertz CT molecular complexity index is 416. The maximum Gasteiger partial charge on any atom is 0.0684 e. The maximum atomic E-state index is 8.95. The highest BCUT2D eigenvalue weighted by Gasteiger charge is 2.02. The number of hydrogen-bond acceptors (Lipinski definition) is 1. The number of benzene rings is 1. The van der Waals surface area contributed by atoms with Gasteiger partial charge in [0, 0.05) is 12.0 Å². The molecule has 0 atom stereocenters. The van der Waals surface area contributed by atoms with Gasteiger partial charge in [-0.3, -0.25) is 0 Å². The molecule has 84 valence electrons. The van der Waals surface area contributed by atoms with Crippen molar-refractivity contribution in [1.82, 2.24) is 0 Å². The van der Waals surface area contributed by atoms with Gasteiger partial charge in [-0.25, -0.2) is 0 Å². The molecule has 0 heterocycles. The molecule has 1 aromatic rings. The van der Waals surface area contributed by atoms with Crippen LogP contribution in [0, 0.1) is 38.5 Å². The Kier molecular flexibility index (Phi) is 6.77. The lowest BCUT2D eigenvalue weighted by atomic mass is 9.99. The zero-order valence-corrected chi connectivity index (χ0v) is 10.2. The number of rotatable bonds is 1. The van der Waals surface area contributed by atoms with Crippen LogP contribution in [-0.4, -0.2) is 5.11 Å². The molecular formula is C15H18O. The van der Waals surface area contributed by atoms with E-state index in [1.54, 1.807) is 0 Å². The summed E-state index contributed by atoms with van der Waals surface area (Å²) < 4.78 is 0. The second-order valence-corrected chi connectivity index (χ2v) is 3.38. The van der Waals surface area contributed by atoms with E-state index in [2.05, 4.69) is 11.8 Å². The van der Waals surface area contributed by atoms with Gasteiger partial charge < -0.3 is 5.11 Å². The quantitative estimate of drug-likeness (QED) is 0.713. The fourth-order valence-corrected chi connectivity index (χ4v) is 1.20. The molecule has 16 heavy (non-hydrogen) atoms. The van der Waals surface area contributed by atoms with Crippen LogP contribution in [-0.2, 0) is 6.61 Å². The highest BCUT2D eigenvalue weighted by atomic mass is 16.3. The molecule has 1 aromatic carbocycles. The topological polar surface area (TPSA) is 20.2 Å². The van der Waals surface area contributed by atoms with E-state index in [1.165, 1.54) is 0 Å². The molecule has 0 aliphatic carbocycles. The Balaban J connectivity index is 0.000000487. The van der Waals surface area contributed by atoms with Crippen molar-refractivity contribution in [1.29, 1.82) is 0 Å². The lowest BCUT2D eigenvalue weighted by Gasteiger charge is -2.07. The number of terminal acetylenes is 2. The predicted octanol–water partition coefficient (Wildman–Crippen LogP) is 2.81. The van der Waals surface area contributed by atoms with Crippen molar-refractivity contribution in [3.05, 3.63) is 34.4 Å². The third-order valence-electron chi connectivity index (χ3n) is 2.43. The first-order valence-electron chi connectivity index (χ1n) is 5.22. The van der Waals surface area contributed by atoms with Gasteiger partial charge in [0.1, 0.15) is 0 Å². The first-order valence-corrected chi connectivity index (χ1v) is 5.22. The van der Waals surface area contributed by atoms with Crippen LogP contribution in [0.1, 0.15) is 35.6 Å². The zero-order valence-electron chi connectivity index (χ0n) is 10.2. The van der Waals surface area contributed by atoms with Crippen LogP contribution in [0.25, 0.3) is 0 Å². The first kappa shape index (κ1) is 14.3. The molecule has 1 nitrogen and oxygen atoms in total. The van der Waals surface area contributed by atoms with Crippen LogP contribution >= 0.6 is 0 Å². The predicted molar refractivity (Wildman–Crippen MR) is 68.9 cm³/mol. The van der Waals surface area contributed by atoms with Gasteiger partial charge in [-0.2, -0.15) is 0 Å². The van der Waals surface area contributed by atoms with Crippen molar-refractivity contribution in [3.8, 4) is 24.7 Å².